The number of β-lactam (4-membered cyclic amide) rings is 1. The highest BCUT2D eigenvalue weighted by Crippen LogP contribution is 2.36. The average Bonchev–Trinajstić information content (AvgIpc) is 2.72. The standard InChI is InChI=1S/C19H21F12NO3/c20-14(16(22,23)24)18(28,29)34-9-5-3-1-2-4-7-11-12(32-13(11)33)8-6-10-35-19(30,31)15(21)17(25,26)27/h3,5-6,8,11-12,14-15H,1-2,4,7,9-10H2,(H,32,33)/b5-3+,8-6+/t11-,12+,14?,15?/m1/s1. The molecule has 0 saturated carbocycles. The lowest BCUT2D eigenvalue weighted by Gasteiger charge is -2.35. The normalized spacial score (nSPS) is 21.9. The Bertz CT molecular complexity index is 736. The maximum Gasteiger partial charge on any atom is 0.428 e. The minimum absolute atomic E-state index is 0.259. The number of allylic oxidation sites excluding steroid dienone is 1. The molecule has 1 amide bonds. The van der Waals surface area contributed by atoms with E-state index in [9.17, 15) is 57.5 Å². The van der Waals surface area contributed by atoms with Crippen molar-refractivity contribution in [3.8, 4) is 0 Å². The fourth-order valence-electron chi connectivity index (χ4n) is 2.79. The van der Waals surface area contributed by atoms with Gasteiger partial charge in [0.15, 0.2) is 0 Å². The van der Waals surface area contributed by atoms with Crippen molar-refractivity contribution in [2.45, 2.75) is 68.6 Å². The summed E-state index contributed by atoms with van der Waals surface area (Å²) < 4.78 is 156. The van der Waals surface area contributed by atoms with E-state index in [1.165, 1.54) is 12.2 Å². The Balaban J connectivity index is 2.30. The fourth-order valence-corrected chi connectivity index (χ4v) is 2.79. The van der Waals surface area contributed by atoms with Crippen LogP contribution in [0.4, 0.5) is 52.7 Å². The summed E-state index contributed by atoms with van der Waals surface area (Å²) in [5.74, 6) is -0.978. The predicted octanol–water partition coefficient (Wildman–Crippen LogP) is 5.79. The zero-order valence-corrected chi connectivity index (χ0v) is 17.6. The number of amides is 1. The van der Waals surface area contributed by atoms with Crippen molar-refractivity contribution in [1.29, 1.82) is 0 Å². The number of ether oxygens (including phenoxy) is 2. The summed E-state index contributed by atoms with van der Waals surface area (Å²) >= 11 is 0. The van der Waals surface area contributed by atoms with Crippen LogP contribution in [-0.2, 0) is 14.3 Å². The fraction of sp³-hybridized carbons (Fsp3) is 0.737. The van der Waals surface area contributed by atoms with Crippen LogP contribution in [0.3, 0.4) is 0 Å². The van der Waals surface area contributed by atoms with Gasteiger partial charge < -0.3 is 14.8 Å². The Kier molecular flexibility index (Phi) is 10.9. The van der Waals surface area contributed by atoms with E-state index in [1.54, 1.807) is 0 Å². The third-order valence-electron chi connectivity index (χ3n) is 4.63. The van der Waals surface area contributed by atoms with E-state index in [0.29, 0.717) is 12.8 Å². The van der Waals surface area contributed by atoms with Gasteiger partial charge in [-0.1, -0.05) is 30.7 Å². The first-order valence-electron chi connectivity index (χ1n) is 9.96. The molecular weight excluding hydrogens is 518 g/mol. The van der Waals surface area contributed by atoms with Crippen molar-refractivity contribution in [2.24, 2.45) is 5.92 Å². The van der Waals surface area contributed by atoms with Crippen LogP contribution in [-0.4, -0.2) is 62.1 Å². The van der Waals surface area contributed by atoms with Crippen molar-refractivity contribution >= 4 is 5.91 Å². The van der Waals surface area contributed by atoms with Crippen molar-refractivity contribution < 1.29 is 67.0 Å². The predicted molar refractivity (Wildman–Crippen MR) is 95.9 cm³/mol. The van der Waals surface area contributed by atoms with Crippen LogP contribution in [0.25, 0.3) is 0 Å². The highest BCUT2D eigenvalue weighted by molar-refractivity contribution is 5.86. The summed E-state index contributed by atoms with van der Waals surface area (Å²) in [5, 5.41) is 2.40. The number of hydrogen-bond donors (Lipinski definition) is 1. The highest BCUT2D eigenvalue weighted by atomic mass is 19.4. The van der Waals surface area contributed by atoms with Crippen LogP contribution in [0.5, 0.6) is 0 Å². The molecule has 16 heteroatoms. The summed E-state index contributed by atoms with van der Waals surface area (Å²) in [4.78, 5) is 11.6. The maximum atomic E-state index is 13.0. The molecule has 4 atom stereocenters. The Labute approximate surface area is 191 Å². The molecule has 1 saturated heterocycles. The first-order chi connectivity index (χ1) is 15.9. The molecule has 0 bridgehead atoms. The largest absolute Gasteiger partial charge is 0.428 e. The molecule has 0 aromatic heterocycles. The second-order valence-electron chi connectivity index (χ2n) is 7.38. The molecule has 35 heavy (non-hydrogen) atoms. The molecule has 2 unspecified atom stereocenters. The molecule has 1 N–H and O–H groups in total. The zero-order valence-electron chi connectivity index (χ0n) is 17.6. The van der Waals surface area contributed by atoms with E-state index in [-0.39, 0.29) is 18.7 Å². The molecule has 1 aliphatic rings. The van der Waals surface area contributed by atoms with Gasteiger partial charge in [0, 0.05) is 0 Å². The Morgan fingerprint density at radius 3 is 1.71 bits per heavy atom. The molecule has 0 spiro atoms. The number of nitrogens with one attached hydrogen (secondary N) is 1. The second kappa shape index (κ2) is 12.3. The summed E-state index contributed by atoms with van der Waals surface area (Å²) in [6, 6.07) is -0.628. The van der Waals surface area contributed by atoms with Crippen LogP contribution in [0.1, 0.15) is 25.7 Å². The number of alkyl halides is 12. The number of unbranched alkanes of at least 4 members (excludes halogenated alkanes) is 2. The lowest BCUT2D eigenvalue weighted by Crippen LogP contribution is -2.56. The van der Waals surface area contributed by atoms with Crippen LogP contribution in [0.2, 0.25) is 0 Å². The first kappa shape index (κ1) is 31.1. The summed E-state index contributed by atoms with van der Waals surface area (Å²) in [5.41, 5.74) is 0. The third-order valence-corrected chi connectivity index (χ3v) is 4.63. The topological polar surface area (TPSA) is 47.6 Å². The van der Waals surface area contributed by atoms with Gasteiger partial charge in [0.2, 0.25) is 5.91 Å². The zero-order chi connectivity index (χ0) is 27.1. The van der Waals surface area contributed by atoms with Gasteiger partial charge in [-0.25, -0.2) is 8.78 Å². The molecule has 1 heterocycles. The number of carbonyl (C=O) groups excluding carboxylic acids is 1. The number of halogens is 12. The molecule has 1 aliphatic heterocycles. The van der Waals surface area contributed by atoms with Gasteiger partial charge in [0.05, 0.1) is 25.2 Å². The lowest BCUT2D eigenvalue weighted by molar-refractivity contribution is -0.333. The second-order valence-corrected chi connectivity index (χ2v) is 7.38. The third kappa shape index (κ3) is 9.89. The van der Waals surface area contributed by atoms with Gasteiger partial charge in [-0.15, -0.1) is 0 Å². The van der Waals surface area contributed by atoms with E-state index >= 15 is 0 Å². The molecular formula is C19H21F12NO3. The van der Waals surface area contributed by atoms with Crippen molar-refractivity contribution in [1.82, 2.24) is 5.32 Å². The molecule has 4 nitrogen and oxygen atoms in total. The molecule has 1 fully saturated rings. The van der Waals surface area contributed by atoms with E-state index in [0.717, 1.165) is 12.2 Å². The SMILES string of the molecule is O=C1N[C@@H](/C=C/COC(F)(F)C(F)C(F)(F)F)[C@H]1CCCC/C=C/COC(F)(F)C(F)C(F)(F)F. The van der Waals surface area contributed by atoms with Crippen molar-refractivity contribution in [3.05, 3.63) is 24.3 Å². The molecule has 1 rings (SSSR count). The monoisotopic (exact) mass is 539 g/mol. The van der Waals surface area contributed by atoms with Crippen LogP contribution in [0, 0.1) is 5.92 Å². The van der Waals surface area contributed by atoms with Crippen molar-refractivity contribution in [2.75, 3.05) is 13.2 Å². The first-order valence-corrected chi connectivity index (χ1v) is 9.96. The summed E-state index contributed by atoms with van der Waals surface area (Å²) in [6.45, 7) is -2.03. The highest BCUT2D eigenvalue weighted by Gasteiger charge is 2.59. The Morgan fingerprint density at radius 1 is 0.771 bits per heavy atom. The quantitative estimate of drug-likeness (QED) is 0.132. The number of hydrogen-bond acceptors (Lipinski definition) is 3. The average molecular weight is 539 g/mol. The van der Waals surface area contributed by atoms with Gasteiger partial charge in [0.25, 0.3) is 12.3 Å². The van der Waals surface area contributed by atoms with Gasteiger partial charge in [-0.2, -0.15) is 43.9 Å². The summed E-state index contributed by atoms with van der Waals surface area (Å²) in [6.07, 6.45) is -25.0. The van der Waals surface area contributed by atoms with Crippen molar-refractivity contribution in [3.63, 3.8) is 0 Å². The van der Waals surface area contributed by atoms with E-state index in [4.69, 9.17) is 0 Å². The van der Waals surface area contributed by atoms with Crippen LogP contribution in [0.15, 0.2) is 24.3 Å². The van der Waals surface area contributed by atoms with E-state index in [1.807, 2.05) is 0 Å². The van der Waals surface area contributed by atoms with Crippen LogP contribution < -0.4 is 5.32 Å². The summed E-state index contributed by atoms with van der Waals surface area (Å²) in [7, 11) is 0. The van der Waals surface area contributed by atoms with Crippen LogP contribution >= 0.6 is 0 Å². The minimum atomic E-state index is -5.81. The van der Waals surface area contributed by atoms with Gasteiger partial charge in [-0.05, 0) is 19.3 Å². The minimum Gasteiger partial charge on any atom is -0.349 e. The van der Waals surface area contributed by atoms with E-state index < -0.39 is 62.1 Å². The molecule has 0 aromatic carbocycles. The molecule has 0 aromatic rings. The smallest absolute Gasteiger partial charge is 0.349 e. The van der Waals surface area contributed by atoms with Gasteiger partial charge >= 0.3 is 24.6 Å². The van der Waals surface area contributed by atoms with Gasteiger partial charge in [0.1, 0.15) is 0 Å². The maximum absolute atomic E-state index is 13.0. The lowest BCUT2D eigenvalue weighted by atomic mass is 9.85. The molecule has 204 valence electrons. The number of rotatable bonds is 14. The van der Waals surface area contributed by atoms with E-state index in [2.05, 4.69) is 14.8 Å². The molecule has 0 radical (unpaired) electrons. The number of carbonyl (C=O) groups is 1. The van der Waals surface area contributed by atoms with Gasteiger partial charge in [-0.3, -0.25) is 4.79 Å². The Hall–Kier alpha value is -1.97. The Morgan fingerprint density at radius 2 is 1.26 bits per heavy atom. The molecule has 0 aliphatic carbocycles.